The minimum absolute atomic E-state index is 0.368. The molecule has 4 atom stereocenters. The first-order chi connectivity index (χ1) is 10.2. The average Bonchev–Trinajstić information content (AvgIpc) is 2.46. The highest BCUT2D eigenvalue weighted by Crippen LogP contribution is 2.23. The summed E-state index contributed by atoms with van der Waals surface area (Å²) in [5.74, 6) is -1.95. The molecule has 1 saturated heterocycles. The molecule has 0 amide bonds. The SMILES string of the molecule is CC(=O)OCC1OC(=O)OC(C)C(OC(C)=O)C1OC(C)=O. The van der Waals surface area contributed by atoms with Crippen molar-refractivity contribution in [1.82, 2.24) is 0 Å². The Morgan fingerprint density at radius 2 is 1.50 bits per heavy atom. The van der Waals surface area contributed by atoms with Crippen molar-refractivity contribution in [2.45, 2.75) is 52.1 Å². The van der Waals surface area contributed by atoms with Gasteiger partial charge in [-0.1, -0.05) is 0 Å². The van der Waals surface area contributed by atoms with Gasteiger partial charge in [0.2, 0.25) is 0 Å². The van der Waals surface area contributed by atoms with Crippen LogP contribution in [0.25, 0.3) is 0 Å². The van der Waals surface area contributed by atoms with Gasteiger partial charge in [-0.05, 0) is 6.92 Å². The molecule has 0 bridgehead atoms. The van der Waals surface area contributed by atoms with E-state index in [1.54, 1.807) is 0 Å². The molecule has 124 valence electrons. The second-order valence-electron chi connectivity index (χ2n) is 4.68. The Kier molecular flexibility index (Phi) is 6.14. The molecule has 0 aromatic carbocycles. The topological polar surface area (TPSA) is 114 Å². The summed E-state index contributed by atoms with van der Waals surface area (Å²) >= 11 is 0. The third-order valence-electron chi connectivity index (χ3n) is 2.74. The highest BCUT2D eigenvalue weighted by Gasteiger charge is 2.45. The fraction of sp³-hybridized carbons (Fsp3) is 0.692. The molecule has 1 heterocycles. The minimum Gasteiger partial charge on any atom is -0.462 e. The van der Waals surface area contributed by atoms with Crippen LogP contribution in [0.5, 0.6) is 0 Å². The van der Waals surface area contributed by atoms with E-state index in [2.05, 4.69) is 0 Å². The molecule has 1 rings (SSSR count). The lowest BCUT2D eigenvalue weighted by molar-refractivity contribution is -0.180. The normalized spacial score (nSPS) is 27.7. The first-order valence-corrected chi connectivity index (χ1v) is 6.55. The van der Waals surface area contributed by atoms with E-state index in [0.29, 0.717) is 0 Å². The van der Waals surface area contributed by atoms with Gasteiger partial charge in [-0.2, -0.15) is 0 Å². The predicted octanol–water partition coefficient (Wildman–Crippen LogP) is 0.337. The van der Waals surface area contributed by atoms with Crippen LogP contribution >= 0.6 is 0 Å². The van der Waals surface area contributed by atoms with Crippen LogP contribution < -0.4 is 0 Å². The third kappa shape index (κ3) is 5.23. The summed E-state index contributed by atoms with van der Waals surface area (Å²) in [6.45, 7) is 4.56. The zero-order chi connectivity index (χ0) is 16.9. The maximum absolute atomic E-state index is 11.5. The second-order valence-corrected chi connectivity index (χ2v) is 4.68. The van der Waals surface area contributed by atoms with E-state index >= 15 is 0 Å². The van der Waals surface area contributed by atoms with Gasteiger partial charge < -0.3 is 23.7 Å². The molecule has 1 fully saturated rings. The number of hydrogen-bond donors (Lipinski definition) is 0. The number of carbonyl (C=O) groups is 4. The van der Waals surface area contributed by atoms with Crippen LogP contribution in [-0.2, 0) is 38.1 Å². The molecule has 0 saturated carbocycles. The van der Waals surface area contributed by atoms with Crippen LogP contribution in [-0.4, -0.2) is 55.1 Å². The Bertz CT molecular complexity index is 458. The van der Waals surface area contributed by atoms with Crippen molar-refractivity contribution in [2.75, 3.05) is 6.61 Å². The smallest absolute Gasteiger partial charge is 0.462 e. The van der Waals surface area contributed by atoms with Crippen LogP contribution in [0.4, 0.5) is 4.79 Å². The van der Waals surface area contributed by atoms with Crippen LogP contribution in [0.2, 0.25) is 0 Å². The summed E-state index contributed by atoms with van der Waals surface area (Å²) in [5.41, 5.74) is 0. The quantitative estimate of drug-likeness (QED) is 0.534. The van der Waals surface area contributed by atoms with Crippen LogP contribution in [0.15, 0.2) is 0 Å². The summed E-state index contributed by atoms with van der Waals surface area (Å²) in [6.07, 6.45) is -5.37. The Hall–Kier alpha value is -2.32. The lowest BCUT2D eigenvalue weighted by Gasteiger charge is -2.29. The zero-order valence-corrected chi connectivity index (χ0v) is 12.7. The van der Waals surface area contributed by atoms with Crippen molar-refractivity contribution < 1.29 is 42.9 Å². The van der Waals surface area contributed by atoms with E-state index < -0.39 is 48.5 Å². The molecular weight excluding hydrogens is 300 g/mol. The summed E-state index contributed by atoms with van der Waals surface area (Å²) in [4.78, 5) is 45.0. The molecule has 0 spiro atoms. The number of hydrogen-bond acceptors (Lipinski definition) is 9. The van der Waals surface area contributed by atoms with E-state index in [9.17, 15) is 19.2 Å². The second kappa shape index (κ2) is 7.62. The van der Waals surface area contributed by atoms with E-state index in [4.69, 9.17) is 23.7 Å². The van der Waals surface area contributed by atoms with Crippen molar-refractivity contribution in [3.05, 3.63) is 0 Å². The van der Waals surface area contributed by atoms with E-state index in [1.165, 1.54) is 13.8 Å². The summed E-state index contributed by atoms with van der Waals surface area (Å²) < 4.78 is 24.8. The number of esters is 3. The predicted molar refractivity (Wildman–Crippen MR) is 68.6 cm³/mol. The maximum atomic E-state index is 11.5. The lowest BCUT2D eigenvalue weighted by Crippen LogP contribution is -2.49. The van der Waals surface area contributed by atoms with Crippen LogP contribution in [0.1, 0.15) is 27.7 Å². The van der Waals surface area contributed by atoms with Crippen molar-refractivity contribution in [1.29, 1.82) is 0 Å². The van der Waals surface area contributed by atoms with Crippen molar-refractivity contribution in [2.24, 2.45) is 0 Å². The monoisotopic (exact) mass is 318 g/mol. The van der Waals surface area contributed by atoms with Crippen LogP contribution in [0, 0.1) is 0 Å². The van der Waals surface area contributed by atoms with Gasteiger partial charge in [0.15, 0.2) is 18.3 Å². The number of carbonyl (C=O) groups excluding carboxylic acids is 4. The average molecular weight is 318 g/mol. The minimum atomic E-state index is -1.16. The van der Waals surface area contributed by atoms with Crippen molar-refractivity contribution >= 4 is 24.1 Å². The van der Waals surface area contributed by atoms with E-state index in [1.807, 2.05) is 0 Å². The molecule has 0 aromatic heterocycles. The standard InChI is InChI=1S/C13H18O9/c1-6-11(20-8(3)15)12(21-9(4)16)10(5-18-7(2)14)22-13(17)19-6/h6,10-12H,5H2,1-4H3. The van der Waals surface area contributed by atoms with Gasteiger partial charge >= 0.3 is 24.1 Å². The van der Waals surface area contributed by atoms with Gasteiger partial charge in [0, 0.05) is 20.8 Å². The lowest BCUT2D eigenvalue weighted by atomic mass is 10.0. The molecule has 0 N–H and O–H groups in total. The molecule has 22 heavy (non-hydrogen) atoms. The molecule has 1 aliphatic rings. The van der Waals surface area contributed by atoms with Gasteiger partial charge in [0.25, 0.3) is 0 Å². The molecule has 0 aliphatic carbocycles. The summed E-state index contributed by atoms with van der Waals surface area (Å²) in [6, 6.07) is 0. The highest BCUT2D eigenvalue weighted by molar-refractivity contribution is 5.68. The molecule has 9 nitrogen and oxygen atoms in total. The fourth-order valence-electron chi connectivity index (χ4n) is 1.93. The van der Waals surface area contributed by atoms with E-state index in [-0.39, 0.29) is 6.61 Å². The fourth-order valence-corrected chi connectivity index (χ4v) is 1.93. The number of ether oxygens (including phenoxy) is 5. The summed E-state index contributed by atoms with van der Waals surface area (Å²) in [5, 5.41) is 0. The Labute approximate surface area is 126 Å². The van der Waals surface area contributed by atoms with Gasteiger partial charge in [-0.3, -0.25) is 14.4 Å². The highest BCUT2D eigenvalue weighted by atomic mass is 16.8. The Morgan fingerprint density at radius 3 is 2.00 bits per heavy atom. The molecule has 0 aromatic rings. The number of rotatable bonds is 4. The molecule has 0 radical (unpaired) electrons. The largest absolute Gasteiger partial charge is 0.509 e. The van der Waals surface area contributed by atoms with E-state index in [0.717, 1.165) is 13.8 Å². The van der Waals surface area contributed by atoms with Crippen molar-refractivity contribution in [3.63, 3.8) is 0 Å². The van der Waals surface area contributed by atoms with Crippen molar-refractivity contribution in [3.8, 4) is 0 Å². The molecule has 1 aliphatic heterocycles. The molecule has 4 unspecified atom stereocenters. The molecular formula is C13H18O9. The Morgan fingerprint density at radius 1 is 0.955 bits per heavy atom. The molecule has 9 heteroatoms. The van der Waals surface area contributed by atoms with Gasteiger partial charge in [-0.15, -0.1) is 0 Å². The number of cyclic esters (lactones) is 2. The van der Waals surface area contributed by atoms with Gasteiger partial charge in [0.05, 0.1) is 0 Å². The first-order valence-electron chi connectivity index (χ1n) is 6.55. The third-order valence-corrected chi connectivity index (χ3v) is 2.74. The van der Waals surface area contributed by atoms with Gasteiger partial charge in [-0.25, -0.2) is 4.79 Å². The maximum Gasteiger partial charge on any atom is 0.509 e. The zero-order valence-electron chi connectivity index (χ0n) is 12.7. The van der Waals surface area contributed by atoms with Gasteiger partial charge in [0.1, 0.15) is 12.7 Å². The Balaban J connectivity index is 3.06. The first kappa shape index (κ1) is 17.7. The van der Waals surface area contributed by atoms with Crippen LogP contribution in [0.3, 0.4) is 0 Å². The summed E-state index contributed by atoms with van der Waals surface area (Å²) in [7, 11) is 0.